The van der Waals surface area contributed by atoms with Gasteiger partial charge in [-0.05, 0) is 76.1 Å². The molecule has 0 amide bonds. The third-order valence-electron chi connectivity index (χ3n) is 8.94. The average Bonchev–Trinajstić information content (AvgIpc) is 3.60. The SMILES string of the molecule is N#Cc1cc2c3cc4ccc(N5CCOCC5)cc4cc3oc2c2oc3cc4cc(N5CCOCC5)ccc4cc3c12. The van der Waals surface area contributed by atoms with E-state index in [0.717, 1.165) is 107 Å². The molecule has 7 nitrogen and oxygen atoms in total. The summed E-state index contributed by atoms with van der Waals surface area (Å²) >= 11 is 0. The van der Waals surface area contributed by atoms with Gasteiger partial charge in [-0.1, -0.05) is 12.1 Å². The predicted molar refractivity (Wildman–Crippen MR) is 167 cm³/mol. The van der Waals surface area contributed by atoms with Crippen LogP contribution in [0.15, 0.2) is 75.6 Å². The third kappa shape index (κ3) is 3.59. The summed E-state index contributed by atoms with van der Waals surface area (Å²) in [5, 5.41) is 18.3. The molecule has 0 spiro atoms. The summed E-state index contributed by atoms with van der Waals surface area (Å²) in [4.78, 5) is 4.71. The minimum atomic E-state index is 0.589. The highest BCUT2D eigenvalue weighted by molar-refractivity contribution is 6.23. The second-order valence-electron chi connectivity index (χ2n) is 11.3. The maximum absolute atomic E-state index is 10.3. The first-order valence-corrected chi connectivity index (χ1v) is 14.5. The first-order chi connectivity index (χ1) is 20.7. The van der Waals surface area contributed by atoms with Crippen molar-refractivity contribution in [3.8, 4) is 6.07 Å². The molecule has 2 saturated heterocycles. The Morgan fingerprint density at radius 3 is 1.69 bits per heavy atom. The summed E-state index contributed by atoms with van der Waals surface area (Å²) in [5.74, 6) is 0. The topological polar surface area (TPSA) is 75.0 Å². The zero-order chi connectivity index (χ0) is 27.8. The highest BCUT2D eigenvalue weighted by atomic mass is 16.5. The van der Waals surface area contributed by atoms with E-state index in [1.54, 1.807) is 0 Å². The third-order valence-corrected chi connectivity index (χ3v) is 8.94. The molecule has 0 unspecified atom stereocenters. The number of nitrogens with zero attached hydrogens (tertiary/aromatic N) is 3. The van der Waals surface area contributed by atoms with E-state index in [1.165, 1.54) is 11.4 Å². The lowest BCUT2D eigenvalue weighted by molar-refractivity contribution is 0.122. The average molecular weight is 554 g/mol. The molecule has 42 heavy (non-hydrogen) atoms. The highest BCUT2D eigenvalue weighted by Crippen LogP contribution is 2.43. The standard InChI is InChI=1S/C35H27N3O4/c36-20-25-17-29-28-15-21-1-3-26(37-5-9-39-10-6-37)13-23(21)18-31(28)41-34(29)35-33(25)30-16-22-2-4-27(38-7-11-40-12-8-38)14-24(22)19-32(30)42-35/h1-4,13-19H,5-12H2. The number of morpholine rings is 2. The Bertz CT molecular complexity index is 2240. The molecule has 7 aromatic rings. The number of fused-ring (bicyclic) bond motifs is 9. The molecule has 2 aliphatic heterocycles. The van der Waals surface area contributed by atoms with E-state index in [4.69, 9.17) is 18.3 Å². The highest BCUT2D eigenvalue weighted by Gasteiger charge is 2.21. The van der Waals surface area contributed by atoms with Gasteiger partial charge in [0.05, 0.1) is 38.1 Å². The van der Waals surface area contributed by atoms with Crippen LogP contribution in [-0.2, 0) is 9.47 Å². The molecule has 0 bridgehead atoms. The Labute approximate surface area is 241 Å². The van der Waals surface area contributed by atoms with Crippen molar-refractivity contribution in [2.75, 3.05) is 62.4 Å². The monoisotopic (exact) mass is 553 g/mol. The summed E-state index contributed by atoms with van der Waals surface area (Å²) in [6.45, 7) is 6.55. The minimum absolute atomic E-state index is 0.589. The smallest absolute Gasteiger partial charge is 0.179 e. The van der Waals surface area contributed by atoms with Gasteiger partial charge in [0.1, 0.15) is 11.2 Å². The number of furan rings is 2. The Kier molecular flexibility index (Phi) is 5.19. The lowest BCUT2D eigenvalue weighted by atomic mass is 10.00. The molecule has 4 heterocycles. The second kappa shape index (κ2) is 9.12. The van der Waals surface area contributed by atoms with Gasteiger partial charge in [0, 0.05) is 59.1 Å². The molecule has 0 aliphatic carbocycles. The molecule has 9 rings (SSSR count). The quantitative estimate of drug-likeness (QED) is 0.222. The lowest BCUT2D eigenvalue weighted by Crippen LogP contribution is -2.36. The van der Waals surface area contributed by atoms with Crippen LogP contribution in [0.2, 0.25) is 0 Å². The van der Waals surface area contributed by atoms with Crippen molar-refractivity contribution in [1.29, 1.82) is 5.26 Å². The molecule has 0 atom stereocenters. The molecule has 7 heteroatoms. The fraction of sp³-hybridized carbons (Fsp3) is 0.229. The van der Waals surface area contributed by atoms with E-state index in [9.17, 15) is 5.26 Å². The molecule has 2 aliphatic rings. The van der Waals surface area contributed by atoms with E-state index < -0.39 is 0 Å². The van der Waals surface area contributed by atoms with Crippen molar-refractivity contribution in [3.63, 3.8) is 0 Å². The Balaban J connectivity index is 1.23. The van der Waals surface area contributed by atoms with E-state index in [2.05, 4.69) is 76.5 Å². The first-order valence-electron chi connectivity index (χ1n) is 14.5. The van der Waals surface area contributed by atoms with Crippen LogP contribution in [0.25, 0.3) is 65.4 Å². The van der Waals surface area contributed by atoms with Gasteiger partial charge in [-0.25, -0.2) is 0 Å². The van der Waals surface area contributed by atoms with E-state index >= 15 is 0 Å². The van der Waals surface area contributed by atoms with Crippen LogP contribution in [0.5, 0.6) is 0 Å². The van der Waals surface area contributed by atoms with Crippen LogP contribution < -0.4 is 9.80 Å². The molecule has 2 fully saturated rings. The van der Waals surface area contributed by atoms with Crippen molar-refractivity contribution in [3.05, 3.63) is 72.3 Å². The molecule has 206 valence electrons. The molecule has 5 aromatic carbocycles. The second-order valence-corrected chi connectivity index (χ2v) is 11.3. The Hall–Kier alpha value is -4.77. The van der Waals surface area contributed by atoms with Crippen molar-refractivity contribution in [2.24, 2.45) is 0 Å². The fourth-order valence-electron chi connectivity index (χ4n) is 6.75. The maximum Gasteiger partial charge on any atom is 0.179 e. The van der Waals surface area contributed by atoms with Crippen molar-refractivity contribution in [1.82, 2.24) is 0 Å². The predicted octanol–water partition coefficient (Wildman–Crippen LogP) is 7.34. The van der Waals surface area contributed by atoms with E-state index in [-0.39, 0.29) is 0 Å². The van der Waals surface area contributed by atoms with Crippen LogP contribution in [0.1, 0.15) is 5.56 Å². The molecule has 0 saturated carbocycles. The summed E-state index contributed by atoms with van der Waals surface area (Å²) < 4.78 is 24.1. The van der Waals surface area contributed by atoms with Crippen molar-refractivity contribution in [2.45, 2.75) is 0 Å². The van der Waals surface area contributed by atoms with Crippen molar-refractivity contribution >= 4 is 76.8 Å². The molecule has 0 N–H and O–H groups in total. The summed E-state index contributed by atoms with van der Waals surface area (Å²) in [6.07, 6.45) is 0. The zero-order valence-electron chi connectivity index (χ0n) is 23.0. The van der Waals surface area contributed by atoms with Gasteiger partial charge in [-0.15, -0.1) is 0 Å². The van der Waals surface area contributed by atoms with E-state index in [1.807, 2.05) is 6.07 Å². The van der Waals surface area contributed by atoms with Crippen molar-refractivity contribution < 1.29 is 18.3 Å². The zero-order valence-corrected chi connectivity index (χ0v) is 23.0. The Morgan fingerprint density at radius 1 is 0.548 bits per heavy atom. The number of ether oxygens (including phenoxy) is 2. The number of benzene rings is 5. The summed E-state index contributed by atoms with van der Waals surface area (Å²) in [7, 11) is 0. The van der Waals surface area contributed by atoms with Gasteiger partial charge < -0.3 is 28.1 Å². The first kappa shape index (κ1) is 23.9. The van der Waals surface area contributed by atoms with Gasteiger partial charge in [-0.3, -0.25) is 0 Å². The molecular weight excluding hydrogens is 526 g/mol. The number of hydrogen-bond donors (Lipinski definition) is 0. The summed E-state index contributed by atoms with van der Waals surface area (Å²) in [6, 6.07) is 26.0. The van der Waals surface area contributed by atoms with Gasteiger partial charge in [0.15, 0.2) is 11.2 Å². The lowest BCUT2D eigenvalue weighted by Gasteiger charge is -2.29. The number of nitriles is 1. The molecule has 0 radical (unpaired) electrons. The van der Waals surface area contributed by atoms with Crippen LogP contribution in [0.3, 0.4) is 0 Å². The number of hydrogen-bond acceptors (Lipinski definition) is 7. The van der Waals surface area contributed by atoms with Gasteiger partial charge >= 0.3 is 0 Å². The normalized spacial score (nSPS) is 16.5. The van der Waals surface area contributed by atoms with Gasteiger partial charge in [0.25, 0.3) is 0 Å². The fourth-order valence-corrected chi connectivity index (χ4v) is 6.75. The van der Waals surface area contributed by atoms with Crippen LogP contribution in [-0.4, -0.2) is 52.6 Å². The molecular formula is C35H27N3O4. The van der Waals surface area contributed by atoms with E-state index in [0.29, 0.717) is 16.7 Å². The Morgan fingerprint density at radius 2 is 1.10 bits per heavy atom. The van der Waals surface area contributed by atoms with Gasteiger partial charge in [-0.2, -0.15) is 5.26 Å². The summed E-state index contributed by atoms with van der Waals surface area (Å²) in [5.41, 5.74) is 5.80. The minimum Gasteiger partial charge on any atom is -0.452 e. The van der Waals surface area contributed by atoms with Crippen LogP contribution in [0, 0.1) is 11.3 Å². The maximum atomic E-state index is 10.3. The number of rotatable bonds is 2. The van der Waals surface area contributed by atoms with Crippen LogP contribution in [0.4, 0.5) is 11.4 Å². The number of anilines is 2. The molecule has 2 aromatic heterocycles. The largest absolute Gasteiger partial charge is 0.452 e. The van der Waals surface area contributed by atoms with Gasteiger partial charge in [0.2, 0.25) is 0 Å². The van der Waals surface area contributed by atoms with Crippen LogP contribution >= 0.6 is 0 Å².